The Morgan fingerprint density at radius 1 is 1.18 bits per heavy atom. The summed E-state index contributed by atoms with van der Waals surface area (Å²) in [6.07, 6.45) is 3.20. The highest BCUT2D eigenvalue weighted by Gasteiger charge is 2.49. The van der Waals surface area contributed by atoms with E-state index in [1.54, 1.807) is 50.5 Å². The van der Waals surface area contributed by atoms with Crippen molar-refractivity contribution in [1.29, 1.82) is 0 Å². The Kier molecular flexibility index (Phi) is 5.94. The molecular formula is C18H21N3O5S2. The molecule has 28 heavy (non-hydrogen) atoms. The van der Waals surface area contributed by atoms with Crippen molar-refractivity contribution in [2.45, 2.75) is 29.5 Å². The molecule has 0 radical (unpaired) electrons. The Morgan fingerprint density at radius 3 is 2.39 bits per heavy atom. The van der Waals surface area contributed by atoms with Crippen LogP contribution in [0.15, 0.2) is 53.7 Å². The molecule has 0 aliphatic carbocycles. The highest BCUT2D eigenvalue weighted by atomic mass is 32.2. The minimum Gasteiger partial charge on any atom is -0.457 e. The van der Waals surface area contributed by atoms with Crippen LogP contribution in [0.4, 0.5) is 0 Å². The van der Waals surface area contributed by atoms with E-state index in [0.29, 0.717) is 17.3 Å². The Hall–Kier alpha value is -2.14. The summed E-state index contributed by atoms with van der Waals surface area (Å²) >= 11 is 1.50. The van der Waals surface area contributed by atoms with Gasteiger partial charge in [-0.15, -0.1) is 0 Å². The van der Waals surface area contributed by atoms with Gasteiger partial charge >= 0.3 is 5.97 Å². The highest BCUT2D eigenvalue weighted by molar-refractivity contribution is 8.00. The second kappa shape index (κ2) is 8.08. The summed E-state index contributed by atoms with van der Waals surface area (Å²) in [7, 11) is -3.93. The Morgan fingerprint density at radius 2 is 1.79 bits per heavy atom. The predicted octanol–water partition coefficient (Wildman–Crippen LogP) is 2.18. The fourth-order valence-electron chi connectivity index (χ4n) is 3.04. The van der Waals surface area contributed by atoms with Crippen LogP contribution >= 0.6 is 11.8 Å². The molecule has 0 bridgehead atoms. The van der Waals surface area contributed by atoms with Crippen molar-refractivity contribution in [3.8, 4) is 11.5 Å². The topological polar surface area (TPSA) is 112 Å². The lowest BCUT2D eigenvalue weighted by molar-refractivity contribution is -0.149. The Bertz CT molecular complexity index is 933. The van der Waals surface area contributed by atoms with E-state index in [9.17, 15) is 13.2 Å². The molecule has 10 heteroatoms. The van der Waals surface area contributed by atoms with Gasteiger partial charge in [0.25, 0.3) is 0 Å². The number of nitrogens with zero attached hydrogens (tertiary/aromatic N) is 2. The minimum absolute atomic E-state index is 0.0621. The molecule has 2 N–H and O–H groups in total. The molecule has 2 aromatic rings. The van der Waals surface area contributed by atoms with Crippen LogP contribution in [0.5, 0.6) is 11.5 Å². The second-order valence-electron chi connectivity index (χ2n) is 6.66. The van der Waals surface area contributed by atoms with Crippen molar-refractivity contribution < 1.29 is 22.8 Å². The molecule has 0 spiro atoms. The van der Waals surface area contributed by atoms with E-state index in [4.69, 9.17) is 10.6 Å². The lowest BCUT2D eigenvalue weighted by Crippen LogP contribution is -2.59. The molecule has 1 fully saturated rings. The van der Waals surface area contributed by atoms with E-state index in [1.807, 2.05) is 0 Å². The van der Waals surface area contributed by atoms with E-state index in [0.717, 1.165) is 4.31 Å². The number of ether oxygens (including phenoxy) is 1. The molecule has 3 rings (SSSR count). The van der Waals surface area contributed by atoms with E-state index in [2.05, 4.69) is 9.82 Å². The number of hydrogen-bond acceptors (Lipinski definition) is 8. The molecule has 1 aliphatic heterocycles. The molecule has 1 aromatic carbocycles. The van der Waals surface area contributed by atoms with E-state index >= 15 is 0 Å². The van der Waals surface area contributed by atoms with Crippen LogP contribution in [0.2, 0.25) is 0 Å². The summed E-state index contributed by atoms with van der Waals surface area (Å²) in [5.41, 5.74) is 0. The van der Waals surface area contributed by atoms with Crippen molar-refractivity contribution in [3.63, 3.8) is 0 Å². The molecule has 150 valence electrons. The largest absolute Gasteiger partial charge is 0.457 e. The normalized spacial score (nSPS) is 19.8. The number of carbonyl (C=O) groups is 1. The summed E-state index contributed by atoms with van der Waals surface area (Å²) in [6, 6.07) is 8.40. The number of sulfonamides is 1. The smallest absolute Gasteiger partial charge is 0.344 e. The quantitative estimate of drug-likeness (QED) is 0.728. The summed E-state index contributed by atoms with van der Waals surface area (Å²) in [5, 5.41) is 0. The lowest BCUT2D eigenvalue weighted by Gasteiger charge is -2.42. The summed E-state index contributed by atoms with van der Waals surface area (Å²) in [4.78, 5) is 20.6. The van der Waals surface area contributed by atoms with Gasteiger partial charge in [-0.25, -0.2) is 13.2 Å². The first-order chi connectivity index (χ1) is 13.3. The first-order valence-electron chi connectivity index (χ1n) is 8.50. The fraction of sp³-hybridized carbons (Fsp3) is 0.333. The predicted molar refractivity (Wildman–Crippen MR) is 105 cm³/mol. The van der Waals surface area contributed by atoms with Gasteiger partial charge in [0, 0.05) is 29.4 Å². The van der Waals surface area contributed by atoms with Gasteiger partial charge in [0.05, 0.1) is 4.90 Å². The number of rotatable bonds is 5. The number of thioether (sulfide) groups is 1. The third-order valence-electron chi connectivity index (χ3n) is 4.39. The van der Waals surface area contributed by atoms with Crippen LogP contribution in [-0.4, -0.2) is 46.8 Å². The molecule has 1 saturated heterocycles. The first-order valence-corrected chi connectivity index (χ1v) is 10.9. The second-order valence-corrected chi connectivity index (χ2v) is 10.3. The van der Waals surface area contributed by atoms with Crippen LogP contribution in [0, 0.1) is 0 Å². The Labute approximate surface area is 168 Å². The molecule has 0 saturated carbocycles. The van der Waals surface area contributed by atoms with Crippen LogP contribution in [0.1, 0.15) is 13.8 Å². The maximum atomic E-state index is 13.2. The minimum atomic E-state index is -3.93. The zero-order valence-electron chi connectivity index (χ0n) is 15.4. The van der Waals surface area contributed by atoms with Crippen molar-refractivity contribution in [2.24, 2.45) is 5.90 Å². The van der Waals surface area contributed by atoms with Gasteiger partial charge in [0.2, 0.25) is 10.0 Å². The number of carbonyl (C=O) groups excluding carboxylic acids is 1. The van der Waals surface area contributed by atoms with Gasteiger partial charge in [-0.2, -0.15) is 22.0 Å². The number of nitrogens with two attached hydrogens (primary N) is 1. The monoisotopic (exact) mass is 423 g/mol. The van der Waals surface area contributed by atoms with E-state index in [1.165, 1.54) is 23.9 Å². The molecule has 2 heterocycles. The summed E-state index contributed by atoms with van der Waals surface area (Å²) < 4.78 is 32.5. The zero-order valence-corrected chi connectivity index (χ0v) is 17.1. The van der Waals surface area contributed by atoms with Gasteiger partial charge < -0.3 is 9.57 Å². The van der Waals surface area contributed by atoms with E-state index in [-0.39, 0.29) is 11.4 Å². The number of aromatic nitrogens is 1. The molecule has 8 nitrogen and oxygen atoms in total. The first kappa shape index (κ1) is 20.6. The molecule has 0 unspecified atom stereocenters. The highest BCUT2D eigenvalue weighted by Crippen LogP contribution is 2.38. The van der Waals surface area contributed by atoms with Crippen LogP contribution in [0.25, 0.3) is 0 Å². The number of benzene rings is 1. The number of hydrogen-bond donors (Lipinski definition) is 1. The van der Waals surface area contributed by atoms with Crippen LogP contribution < -0.4 is 10.6 Å². The molecular weight excluding hydrogens is 402 g/mol. The maximum Gasteiger partial charge on any atom is 0.344 e. The van der Waals surface area contributed by atoms with Crippen molar-refractivity contribution in [2.75, 3.05) is 12.3 Å². The lowest BCUT2D eigenvalue weighted by atomic mass is 10.0. The van der Waals surface area contributed by atoms with Crippen molar-refractivity contribution >= 4 is 27.8 Å². The maximum absolute atomic E-state index is 13.2. The molecule has 0 amide bonds. The SMILES string of the molecule is CC1(C)SCCN(S(=O)(=O)c2ccc(Oc3ccncc3)cc2)[C@H]1C(=O)ON. The molecule has 1 atom stereocenters. The third kappa shape index (κ3) is 4.14. The molecule has 1 aliphatic rings. The Balaban J connectivity index is 1.87. The fourth-order valence-corrected chi connectivity index (χ4v) is 6.12. The summed E-state index contributed by atoms with van der Waals surface area (Å²) in [6.45, 7) is 3.78. The van der Waals surface area contributed by atoms with Crippen molar-refractivity contribution in [1.82, 2.24) is 9.29 Å². The van der Waals surface area contributed by atoms with Gasteiger partial charge in [-0.1, -0.05) is 0 Å². The van der Waals surface area contributed by atoms with Crippen LogP contribution in [0.3, 0.4) is 0 Å². The van der Waals surface area contributed by atoms with Gasteiger partial charge in [0.15, 0.2) is 0 Å². The average molecular weight is 424 g/mol. The van der Waals surface area contributed by atoms with Crippen molar-refractivity contribution in [3.05, 3.63) is 48.8 Å². The molecule has 1 aromatic heterocycles. The van der Waals surface area contributed by atoms with Gasteiger partial charge in [0.1, 0.15) is 17.5 Å². The van der Waals surface area contributed by atoms with Crippen LogP contribution in [-0.2, 0) is 19.7 Å². The zero-order chi connectivity index (χ0) is 20.4. The average Bonchev–Trinajstić information content (AvgIpc) is 2.68. The number of pyridine rings is 1. The van der Waals surface area contributed by atoms with Gasteiger partial charge in [-0.05, 0) is 50.2 Å². The van der Waals surface area contributed by atoms with E-state index < -0.39 is 26.8 Å². The van der Waals surface area contributed by atoms with Gasteiger partial charge in [-0.3, -0.25) is 4.98 Å². The third-order valence-corrected chi connectivity index (χ3v) is 7.62. The standard InChI is InChI=1S/C18H21N3O5S2/c1-18(2)16(17(22)26-19)21(11-12-27-18)28(23,24)15-5-3-13(4-6-15)25-14-7-9-20-10-8-14/h3-10,16H,11-12,19H2,1-2H3/t16-/m0/s1. The summed E-state index contributed by atoms with van der Waals surface area (Å²) in [5.74, 6) is 5.91.